The van der Waals surface area contributed by atoms with Crippen LogP contribution in [0, 0.1) is 5.41 Å². The number of benzene rings is 2. The summed E-state index contributed by atoms with van der Waals surface area (Å²) in [5.74, 6) is 1.93. The molecule has 2 aliphatic rings. The van der Waals surface area contributed by atoms with Gasteiger partial charge < -0.3 is 10.1 Å². The minimum absolute atomic E-state index is 0.119. The van der Waals surface area contributed by atoms with Crippen molar-refractivity contribution in [2.45, 2.75) is 32.7 Å². The average Bonchev–Trinajstić information content (AvgIpc) is 3.17. The molecule has 1 aliphatic carbocycles. The molecule has 0 amide bonds. The van der Waals surface area contributed by atoms with Crippen molar-refractivity contribution in [3.63, 3.8) is 0 Å². The molecule has 1 atom stereocenters. The van der Waals surface area contributed by atoms with Crippen molar-refractivity contribution in [3.8, 4) is 17.1 Å². The molecule has 6 nitrogen and oxygen atoms in total. The summed E-state index contributed by atoms with van der Waals surface area (Å²) in [6.45, 7) is 4.22. The third kappa shape index (κ3) is 3.57. The Kier molecular flexibility index (Phi) is 5.02. The van der Waals surface area contributed by atoms with Gasteiger partial charge in [-0.25, -0.2) is 4.68 Å². The maximum Gasteiger partial charge on any atom is 0.226 e. The first kappa shape index (κ1) is 21.0. The van der Waals surface area contributed by atoms with Crippen LogP contribution in [0.5, 0.6) is 5.75 Å². The molecule has 1 aliphatic heterocycles. The van der Waals surface area contributed by atoms with E-state index in [2.05, 4.69) is 19.2 Å². The fourth-order valence-electron chi connectivity index (χ4n) is 4.49. The van der Waals surface area contributed by atoms with Gasteiger partial charge in [-0.05, 0) is 47.7 Å². The summed E-state index contributed by atoms with van der Waals surface area (Å²) in [6, 6.07) is 12.6. The number of nitrogens with zero attached hydrogens (tertiary/aromatic N) is 3. The molecule has 0 saturated heterocycles. The van der Waals surface area contributed by atoms with Gasteiger partial charge in [0.1, 0.15) is 11.8 Å². The molecule has 1 unspecified atom stereocenters. The van der Waals surface area contributed by atoms with Gasteiger partial charge in [0.2, 0.25) is 5.95 Å². The fourth-order valence-corrected chi connectivity index (χ4v) is 4.78. The lowest BCUT2D eigenvalue weighted by Gasteiger charge is -2.38. The standard InChI is InChI=1S/C24H22Cl2N4O2/c1-24(2)11-18-20(19(31)12-24)21(13-5-4-6-15(9-13)32-3)30-23(27-18)28-22(29-30)14-7-8-16(25)17(26)10-14/h4-10,21H,11-12H2,1-3H3,(H,27,28,29). The Morgan fingerprint density at radius 2 is 1.94 bits per heavy atom. The van der Waals surface area contributed by atoms with E-state index in [1.165, 1.54) is 0 Å². The van der Waals surface area contributed by atoms with Crippen LogP contribution in [-0.4, -0.2) is 27.7 Å². The largest absolute Gasteiger partial charge is 0.497 e. The van der Waals surface area contributed by atoms with Gasteiger partial charge >= 0.3 is 0 Å². The molecule has 2 heterocycles. The number of methoxy groups -OCH3 is 1. The number of carbonyl (C=O) groups is 1. The Hall–Kier alpha value is -2.83. The predicted molar refractivity (Wildman–Crippen MR) is 125 cm³/mol. The van der Waals surface area contributed by atoms with Gasteiger partial charge in [0, 0.05) is 23.3 Å². The third-order valence-corrected chi connectivity index (χ3v) is 6.66. The highest BCUT2D eigenvalue weighted by Crippen LogP contribution is 2.46. The third-order valence-electron chi connectivity index (χ3n) is 5.92. The maximum absolute atomic E-state index is 13.3. The fraction of sp³-hybridized carbons (Fsp3) is 0.292. The number of aromatic nitrogens is 3. The number of hydrogen-bond acceptors (Lipinski definition) is 5. The number of fused-ring (bicyclic) bond motifs is 1. The van der Waals surface area contributed by atoms with Crippen molar-refractivity contribution in [2.24, 2.45) is 5.41 Å². The van der Waals surface area contributed by atoms with Gasteiger partial charge in [-0.15, -0.1) is 5.10 Å². The van der Waals surface area contributed by atoms with Crippen LogP contribution < -0.4 is 10.1 Å². The molecule has 0 bridgehead atoms. The Bertz CT molecular complexity index is 1280. The number of anilines is 1. The van der Waals surface area contributed by atoms with Crippen molar-refractivity contribution in [2.75, 3.05) is 12.4 Å². The van der Waals surface area contributed by atoms with Crippen LogP contribution in [0.1, 0.15) is 38.3 Å². The van der Waals surface area contributed by atoms with Crippen molar-refractivity contribution < 1.29 is 9.53 Å². The normalized spacial score (nSPS) is 19.3. The summed E-state index contributed by atoms with van der Waals surface area (Å²) >= 11 is 12.3. The van der Waals surface area contributed by atoms with E-state index in [0.29, 0.717) is 28.2 Å². The van der Waals surface area contributed by atoms with Gasteiger partial charge in [0.05, 0.1) is 17.2 Å². The van der Waals surface area contributed by atoms with E-state index in [0.717, 1.165) is 34.6 Å². The van der Waals surface area contributed by atoms with E-state index in [4.69, 9.17) is 38.0 Å². The minimum atomic E-state index is -0.399. The van der Waals surface area contributed by atoms with E-state index in [1.807, 2.05) is 30.3 Å². The number of hydrogen-bond donors (Lipinski definition) is 1. The zero-order chi connectivity index (χ0) is 22.6. The van der Waals surface area contributed by atoms with Crippen LogP contribution in [0.2, 0.25) is 10.0 Å². The lowest BCUT2D eigenvalue weighted by atomic mass is 9.73. The van der Waals surface area contributed by atoms with Gasteiger partial charge in [-0.3, -0.25) is 4.79 Å². The highest BCUT2D eigenvalue weighted by Gasteiger charge is 2.42. The average molecular weight is 469 g/mol. The van der Waals surface area contributed by atoms with Crippen LogP contribution in [0.3, 0.4) is 0 Å². The summed E-state index contributed by atoms with van der Waals surface area (Å²) < 4.78 is 7.22. The number of ether oxygens (including phenoxy) is 1. The molecule has 2 aromatic carbocycles. The van der Waals surface area contributed by atoms with Crippen molar-refractivity contribution >= 4 is 34.9 Å². The van der Waals surface area contributed by atoms with Gasteiger partial charge in [-0.2, -0.15) is 4.98 Å². The molecule has 32 heavy (non-hydrogen) atoms. The summed E-state index contributed by atoms with van der Waals surface area (Å²) in [4.78, 5) is 18.1. The zero-order valence-corrected chi connectivity index (χ0v) is 19.5. The number of allylic oxidation sites excluding steroid dienone is 2. The van der Waals surface area contributed by atoms with Gasteiger partial charge in [0.25, 0.3) is 0 Å². The monoisotopic (exact) mass is 468 g/mol. The molecular formula is C24H22Cl2N4O2. The molecule has 5 rings (SSSR count). The first-order chi connectivity index (χ1) is 15.3. The number of Topliss-reactive ketones (excluding diaryl/α,β-unsaturated/α-hetero) is 1. The van der Waals surface area contributed by atoms with Crippen LogP contribution >= 0.6 is 23.2 Å². The van der Waals surface area contributed by atoms with Crippen LogP contribution in [0.25, 0.3) is 11.4 Å². The zero-order valence-electron chi connectivity index (χ0n) is 17.9. The minimum Gasteiger partial charge on any atom is -0.497 e. The lowest BCUT2D eigenvalue weighted by molar-refractivity contribution is -0.118. The second kappa shape index (κ2) is 7.64. The molecule has 0 radical (unpaired) electrons. The summed E-state index contributed by atoms with van der Waals surface area (Å²) in [5, 5.41) is 9.07. The molecular weight excluding hydrogens is 447 g/mol. The molecule has 0 spiro atoms. The lowest BCUT2D eigenvalue weighted by Crippen LogP contribution is -2.36. The molecule has 164 valence electrons. The summed E-state index contributed by atoms with van der Waals surface area (Å²) in [5.41, 5.74) is 3.17. The maximum atomic E-state index is 13.3. The molecule has 1 N–H and O–H groups in total. The summed E-state index contributed by atoms with van der Waals surface area (Å²) in [7, 11) is 1.63. The van der Waals surface area contributed by atoms with Crippen LogP contribution in [0.4, 0.5) is 5.95 Å². The smallest absolute Gasteiger partial charge is 0.226 e. The number of ketones is 1. The second-order valence-corrected chi connectivity index (χ2v) is 9.78. The van der Waals surface area contributed by atoms with E-state index in [1.54, 1.807) is 23.9 Å². The van der Waals surface area contributed by atoms with E-state index < -0.39 is 6.04 Å². The first-order valence-corrected chi connectivity index (χ1v) is 11.1. The molecule has 3 aromatic rings. The number of rotatable bonds is 3. The Morgan fingerprint density at radius 3 is 2.69 bits per heavy atom. The van der Waals surface area contributed by atoms with Gasteiger partial charge in [-0.1, -0.05) is 49.2 Å². The molecule has 0 saturated carbocycles. The highest BCUT2D eigenvalue weighted by atomic mass is 35.5. The van der Waals surface area contributed by atoms with E-state index in [-0.39, 0.29) is 11.2 Å². The van der Waals surface area contributed by atoms with E-state index >= 15 is 0 Å². The Labute approximate surface area is 196 Å². The molecule has 8 heteroatoms. The van der Waals surface area contributed by atoms with Crippen molar-refractivity contribution in [1.29, 1.82) is 0 Å². The van der Waals surface area contributed by atoms with Crippen LogP contribution in [0.15, 0.2) is 53.7 Å². The number of carbonyl (C=O) groups excluding carboxylic acids is 1. The molecule has 1 aromatic heterocycles. The predicted octanol–water partition coefficient (Wildman–Crippen LogP) is 5.92. The Morgan fingerprint density at radius 1 is 1.12 bits per heavy atom. The van der Waals surface area contributed by atoms with Crippen molar-refractivity contribution in [3.05, 3.63) is 69.3 Å². The van der Waals surface area contributed by atoms with Crippen molar-refractivity contribution in [1.82, 2.24) is 14.8 Å². The first-order valence-electron chi connectivity index (χ1n) is 10.3. The topological polar surface area (TPSA) is 69.0 Å². The number of halogens is 2. The highest BCUT2D eigenvalue weighted by molar-refractivity contribution is 6.42. The molecule has 0 fully saturated rings. The summed E-state index contributed by atoms with van der Waals surface area (Å²) in [6.07, 6.45) is 1.24. The van der Waals surface area contributed by atoms with Crippen LogP contribution in [-0.2, 0) is 4.79 Å². The van der Waals surface area contributed by atoms with E-state index in [9.17, 15) is 4.79 Å². The number of nitrogens with one attached hydrogen (secondary N) is 1. The quantitative estimate of drug-likeness (QED) is 0.516. The Balaban J connectivity index is 1.68. The van der Waals surface area contributed by atoms with Gasteiger partial charge in [0.15, 0.2) is 11.6 Å². The second-order valence-electron chi connectivity index (χ2n) is 8.97. The SMILES string of the molecule is COc1cccc(C2C3=C(CC(C)(C)CC3=O)Nc3nc(-c4ccc(Cl)c(Cl)c4)nn32)c1.